The van der Waals surface area contributed by atoms with Gasteiger partial charge in [0.1, 0.15) is 6.67 Å². The molecule has 5 nitrogen and oxygen atoms in total. The van der Waals surface area contributed by atoms with E-state index in [-0.39, 0.29) is 6.17 Å². The van der Waals surface area contributed by atoms with Crippen molar-refractivity contribution < 1.29 is 0 Å². The Labute approximate surface area is 166 Å². The molecule has 0 saturated carbocycles. The molecule has 0 spiro atoms. The van der Waals surface area contributed by atoms with Gasteiger partial charge in [0.25, 0.3) is 5.13 Å². The highest BCUT2D eigenvalue weighted by atomic mass is 79.9. The number of anilines is 1. The number of nitrogens with one attached hydrogen (secondary N) is 1. The molecule has 2 atom stereocenters. The molecule has 4 rings (SSSR count). The van der Waals surface area contributed by atoms with Crippen LogP contribution in [-0.2, 0) is 0 Å². The molecular formula is C19H23BrN4OS. The molecule has 26 heavy (non-hydrogen) atoms. The summed E-state index contributed by atoms with van der Waals surface area (Å²) in [6, 6.07) is 17.8. The normalized spacial score (nSPS) is 22.8. The summed E-state index contributed by atoms with van der Waals surface area (Å²) in [6.45, 7) is 3.14. The lowest BCUT2D eigenvalue weighted by Gasteiger charge is -2.40. The fraction of sp³-hybridized carbons (Fsp3) is 0.316. The molecule has 0 amide bonds. The third kappa shape index (κ3) is 4.07. The summed E-state index contributed by atoms with van der Waals surface area (Å²) in [5.74, 6) is 0. The number of thiazole rings is 1. The highest BCUT2D eigenvalue weighted by Crippen LogP contribution is 2.37. The second kappa shape index (κ2) is 8.45. The van der Waals surface area contributed by atoms with Crippen LogP contribution in [0.3, 0.4) is 0 Å². The van der Waals surface area contributed by atoms with Crippen molar-refractivity contribution in [3.05, 3.63) is 59.8 Å². The molecule has 1 aliphatic rings. The van der Waals surface area contributed by atoms with Gasteiger partial charge < -0.3 is 10.5 Å². The zero-order valence-electron chi connectivity index (χ0n) is 14.9. The van der Waals surface area contributed by atoms with Crippen molar-refractivity contribution in [1.29, 1.82) is 0 Å². The molecule has 0 aliphatic carbocycles. The fourth-order valence-electron chi connectivity index (χ4n) is 3.03. The van der Waals surface area contributed by atoms with Crippen LogP contribution in [0.2, 0.25) is 0 Å². The van der Waals surface area contributed by atoms with E-state index in [4.69, 9.17) is 0 Å². The maximum absolute atomic E-state index is 13.6. The molecule has 1 fully saturated rings. The second-order valence-corrected chi connectivity index (χ2v) is 8.36. The van der Waals surface area contributed by atoms with E-state index in [0.717, 1.165) is 21.2 Å². The van der Waals surface area contributed by atoms with Crippen LogP contribution in [0.5, 0.6) is 0 Å². The van der Waals surface area contributed by atoms with Gasteiger partial charge in [0.15, 0.2) is 6.17 Å². The third-order valence-electron chi connectivity index (χ3n) is 4.15. The number of halogens is 1. The average Bonchev–Trinajstić information content (AvgIpc) is 3.18. The molecule has 3 aromatic rings. The second-order valence-electron chi connectivity index (χ2n) is 6.23. The van der Waals surface area contributed by atoms with E-state index >= 15 is 0 Å². The van der Waals surface area contributed by atoms with Crippen LogP contribution in [0.1, 0.15) is 6.92 Å². The predicted octanol–water partition coefficient (Wildman–Crippen LogP) is 4.84. The molecule has 2 aromatic carbocycles. The van der Waals surface area contributed by atoms with Crippen molar-refractivity contribution in [1.82, 2.24) is 14.5 Å². The lowest BCUT2D eigenvalue weighted by atomic mass is 10.3. The van der Waals surface area contributed by atoms with E-state index in [2.05, 4.69) is 31.1 Å². The molecule has 1 saturated heterocycles. The SMILES string of the molecule is CCBr.CN1CC(Nc2ccccc2)[N+]([O-])(c2nc3ccccc3s2)C1. The zero-order valence-corrected chi connectivity index (χ0v) is 17.3. The van der Waals surface area contributed by atoms with Crippen molar-refractivity contribution in [2.45, 2.75) is 13.1 Å². The van der Waals surface area contributed by atoms with Crippen molar-refractivity contribution >= 4 is 48.3 Å². The number of aromatic nitrogens is 1. The van der Waals surface area contributed by atoms with E-state index in [1.165, 1.54) is 11.3 Å². The molecule has 0 bridgehead atoms. The molecule has 1 aromatic heterocycles. The summed E-state index contributed by atoms with van der Waals surface area (Å²) in [7, 11) is 1.98. The first-order chi connectivity index (χ1) is 12.6. The average molecular weight is 435 g/mol. The maximum Gasteiger partial charge on any atom is 0.290 e. The van der Waals surface area contributed by atoms with Gasteiger partial charge in [-0.1, -0.05) is 64.5 Å². The van der Waals surface area contributed by atoms with E-state index in [9.17, 15) is 5.21 Å². The first-order valence-electron chi connectivity index (χ1n) is 8.58. The predicted molar refractivity (Wildman–Crippen MR) is 116 cm³/mol. The van der Waals surface area contributed by atoms with Gasteiger partial charge in [0.05, 0.1) is 16.8 Å². The lowest BCUT2D eigenvalue weighted by molar-refractivity contribution is 0.323. The number of rotatable bonds is 3. The molecular weight excluding hydrogens is 412 g/mol. The van der Waals surface area contributed by atoms with Crippen LogP contribution in [0.4, 0.5) is 10.8 Å². The van der Waals surface area contributed by atoms with Crippen LogP contribution < -0.4 is 9.96 Å². The summed E-state index contributed by atoms with van der Waals surface area (Å²) in [4.78, 5) is 6.66. The number of alkyl halides is 1. The summed E-state index contributed by atoms with van der Waals surface area (Å²) < 4.78 is 0.606. The van der Waals surface area contributed by atoms with Gasteiger partial charge in [-0.15, -0.1) is 0 Å². The smallest absolute Gasteiger partial charge is 0.290 e. The number of fused-ring (bicyclic) bond motifs is 1. The zero-order chi connectivity index (χ0) is 18.6. The van der Waals surface area contributed by atoms with Gasteiger partial charge >= 0.3 is 0 Å². The minimum absolute atomic E-state index is 0.261. The Morgan fingerprint density at radius 2 is 1.88 bits per heavy atom. The van der Waals surface area contributed by atoms with Crippen LogP contribution >= 0.6 is 27.3 Å². The molecule has 1 N–H and O–H groups in total. The minimum atomic E-state index is -0.454. The number of nitrogens with zero attached hydrogens (tertiary/aromatic N) is 3. The van der Waals surface area contributed by atoms with E-state index in [1.807, 2.05) is 68.6 Å². The highest BCUT2D eigenvalue weighted by Gasteiger charge is 2.42. The Balaban J connectivity index is 0.000000613. The minimum Gasteiger partial charge on any atom is -0.623 e. The summed E-state index contributed by atoms with van der Waals surface area (Å²) in [5, 5.41) is 18.7. The first kappa shape index (κ1) is 19.3. The van der Waals surface area contributed by atoms with Gasteiger partial charge in [0.2, 0.25) is 0 Å². The van der Waals surface area contributed by atoms with Crippen molar-refractivity contribution in [2.75, 3.05) is 30.9 Å². The summed E-state index contributed by atoms with van der Waals surface area (Å²) in [5.41, 5.74) is 1.86. The van der Waals surface area contributed by atoms with E-state index < -0.39 is 4.65 Å². The van der Waals surface area contributed by atoms with E-state index in [1.54, 1.807) is 0 Å². The molecule has 1 aliphatic heterocycles. The highest BCUT2D eigenvalue weighted by molar-refractivity contribution is 9.09. The quantitative estimate of drug-likeness (QED) is 0.363. The molecule has 7 heteroatoms. The van der Waals surface area contributed by atoms with Crippen molar-refractivity contribution in [3.63, 3.8) is 0 Å². The number of hydrogen-bond donors (Lipinski definition) is 1. The van der Waals surface area contributed by atoms with Crippen LogP contribution in [0, 0.1) is 5.21 Å². The largest absolute Gasteiger partial charge is 0.623 e. The molecule has 0 radical (unpaired) electrons. The van der Waals surface area contributed by atoms with Crippen molar-refractivity contribution in [2.24, 2.45) is 0 Å². The van der Waals surface area contributed by atoms with Gasteiger partial charge in [-0.2, -0.15) is 4.98 Å². The van der Waals surface area contributed by atoms with Crippen LogP contribution in [0.25, 0.3) is 10.2 Å². The summed E-state index contributed by atoms with van der Waals surface area (Å²) >= 11 is 4.64. The Morgan fingerprint density at radius 1 is 1.23 bits per heavy atom. The van der Waals surface area contributed by atoms with Crippen LogP contribution in [0.15, 0.2) is 54.6 Å². The standard InChI is InChI=1S/C17H18N4OS.C2H5Br/c1-20-11-16(18-13-7-3-2-4-8-13)21(22,12-20)17-19-14-9-5-6-10-15(14)23-17;1-2-3/h2-10,16,18H,11-12H2,1H3;2H2,1H3. The fourth-order valence-corrected chi connectivity index (χ4v) is 4.08. The Hall–Kier alpha value is -1.51. The number of benzene rings is 2. The Bertz CT molecular complexity index is 811. The van der Waals surface area contributed by atoms with Gasteiger partial charge in [-0.05, 0) is 31.3 Å². The monoisotopic (exact) mass is 434 g/mol. The third-order valence-corrected chi connectivity index (χ3v) is 5.30. The van der Waals surface area contributed by atoms with Crippen LogP contribution in [-0.4, -0.2) is 41.6 Å². The number of quaternary nitrogens is 1. The maximum atomic E-state index is 13.6. The lowest BCUT2D eigenvalue weighted by Crippen LogP contribution is -2.52. The van der Waals surface area contributed by atoms with Gasteiger partial charge in [-0.3, -0.25) is 9.55 Å². The topological polar surface area (TPSA) is 51.2 Å². The van der Waals surface area contributed by atoms with Gasteiger partial charge in [0, 0.05) is 11.0 Å². The number of para-hydroxylation sites is 2. The first-order valence-corrected chi connectivity index (χ1v) is 10.5. The summed E-state index contributed by atoms with van der Waals surface area (Å²) in [6.07, 6.45) is -0.261. The molecule has 2 unspecified atom stereocenters. The number of hydroxylamine groups is 2. The Morgan fingerprint density at radius 3 is 2.58 bits per heavy atom. The Kier molecular flexibility index (Phi) is 6.26. The number of likely N-dealkylation sites (N-methyl/N-ethyl adjacent to an activating group) is 1. The van der Waals surface area contributed by atoms with E-state index in [0.29, 0.717) is 18.3 Å². The van der Waals surface area contributed by atoms with Crippen molar-refractivity contribution in [3.8, 4) is 0 Å². The van der Waals surface area contributed by atoms with Gasteiger partial charge in [-0.25, -0.2) is 0 Å². The number of hydrogen-bond acceptors (Lipinski definition) is 5. The molecule has 138 valence electrons. The molecule has 2 heterocycles.